The summed E-state index contributed by atoms with van der Waals surface area (Å²) in [7, 11) is 8.54. The summed E-state index contributed by atoms with van der Waals surface area (Å²) in [6.45, 7) is 15.9. The molecule has 13 heteroatoms. The van der Waals surface area contributed by atoms with Crippen molar-refractivity contribution < 1.29 is 33.0 Å². The summed E-state index contributed by atoms with van der Waals surface area (Å²) in [6, 6.07) is 2.93. The van der Waals surface area contributed by atoms with Crippen molar-refractivity contribution in [2.24, 2.45) is 29.4 Å². The number of carbonyl (C=O) groups is 4. The number of nitrogens with two attached hydrogens (primary N) is 1. The molecule has 0 bridgehead atoms. The fourth-order valence-corrected chi connectivity index (χ4v) is 7.83. The third-order valence-electron chi connectivity index (χ3n) is 11.1. The van der Waals surface area contributed by atoms with Crippen LogP contribution in [0.5, 0.6) is 0 Å². The van der Waals surface area contributed by atoms with E-state index < -0.39 is 48.3 Å². The Kier molecular flexibility index (Phi) is 18.3. The molecule has 1 heterocycles. The van der Waals surface area contributed by atoms with Gasteiger partial charge in [-0.15, -0.1) is 0 Å². The predicted molar refractivity (Wildman–Crippen MR) is 206 cm³/mol. The zero-order valence-corrected chi connectivity index (χ0v) is 34.5. The van der Waals surface area contributed by atoms with Gasteiger partial charge in [0.25, 0.3) is 0 Å². The first kappa shape index (κ1) is 46.0. The maximum Gasteiger partial charge on any atom is 0.245 e. The molecule has 2 rings (SSSR count). The number of amides is 4. The van der Waals surface area contributed by atoms with Gasteiger partial charge in [0.2, 0.25) is 23.6 Å². The number of likely N-dealkylation sites (tertiary alicyclic amines) is 1. The first-order chi connectivity index (χ1) is 24.8. The number of likely N-dealkylation sites (N-methyl/N-ethyl adjacent to an activating group) is 2. The maximum absolute atomic E-state index is 14.2. The lowest BCUT2D eigenvalue weighted by molar-refractivity contribution is -0.148. The van der Waals surface area contributed by atoms with Crippen LogP contribution in [0.25, 0.3) is 0 Å². The standard InChI is InChI=1S/C40H69FN6O6/c1-14-25(6)36(46(11)40(51)34(23(2)3)44-39(50)35(24(4)5)45(9)10)31(52-12)22-32(48)47-21-15-16-30(47)37(53-13)26(7)38(49)43-27(8)33(42)28-17-19-29(41)20-18-28/h17-20,23-27,30-31,33-37H,14-16,21-22,42H2,1-13H3,(H,43,49)(H,44,50)/t25?,26-,27-,30+,31-,33?,34+,35?,36?,37-/m1/s1. The molecule has 0 saturated carbocycles. The number of rotatable bonds is 20. The minimum absolute atomic E-state index is 0.0228. The van der Waals surface area contributed by atoms with E-state index in [1.54, 1.807) is 57.0 Å². The van der Waals surface area contributed by atoms with Crippen molar-refractivity contribution in [1.82, 2.24) is 25.3 Å². The Morgan fingerprint density at radius 1 is 0.925 bits per heavy atom. The Hall–Kier alpha value is -3.13. The summed E-state index contributed by atoms with van der Waals surface area (Å²) in [5, 5.41) is 6.02. The molecule has 0 radical (unpaired) electrons. The number of carbonyl (C=O) groups excluding carboxylic acids is 4. The zero-order valence-electron chi connectivity index (χ0n) is 34.5. The van der Waals surface area contributed by atoms with Crippen molar-refractivity contribution in [3.63, 3.8) is 0 Å². The van der Waals surface area contributed by atoms with Gasteiger partial charge in [0, 0.05) is 39.9 Å². The van der Waals surface area contributed by atoms with Crippen molar-refractivity contribution in [2.45, 2.75) is 130 Å². The fourth-order valence-electron chi connectivity index (χ4n) is 7.83. The lowest BCUT2D eigenvalue weighted by Gasteiger charge is -2.41. The lowest BCUT2D eigenvalue weighted by Crippen LogP contribution is -2.59. The van der Waals surface area contributed by atoms with Gasteiger partial charge in [-0.1, -0.05) is 67.0 Å². The van der Waals surface area contributed by atoms with E-state index >= 15 is 0 Å². The van der Waals surface area contributed by atoms with E-state index in [-0.39, 0.29) is 59.7 Å². The van der Waals surface area contributed by atoms with Crippen molar-refractivity contribution in [3.8, 4) is 0 Å². The van der Waals surface area contributed by atoms with Crippen molar-refractivity contribution in [3.05, 3.63) is 35.6 Å². The van der Waals surface area contributed by atoms with Crippen LogP contribution < -0.4 is 16.4 Å². The molecule has 1 fully saturated rings. The summed E-state index contributed by atoms with van der Waals surface area (Å²) in [4.78, 5) is 60.6. The lowest BCUT2D eigenvalue weighted by atomic mass is 9.89. The molecule has 12 nitrogen and oxygen atoms in total. The van der Waals surface area contributed by atoms with Crippen molar-refractivity contribution in [2.75, 3.05) is 41.9 Å². The first-order valence-electron chi connectivity index (χ1n) is 19.2. The van der Waals surface area contributed by atoms with Crippen LogP contribution in [-0.2, 0) is 28.7 Å². The Balaban J connectivity index is 2.25. The van der Waals surface area contributed by atoms with E-state index in [4.69, 9.17) is 15.2 Å². The molecule has 302 valence electrons. The minimum Gasteiger partial charge on any atom is -0.379 e. The molecule has 0 aliphatic carbocycles. The van der Waals surface area contributed by atoms with E-state index in [1.165, 1.54) is 12.1 Å². The number of hydrogen-bond donors (Lipinski definition) is 3. The highest BCUT2D eigenvalue weighted by Gasteiger charge is 2.43. The van der Waals surface area contributed by atoms with E-state index in [2.05, 4.69) is 10.6 Å². The molecular formula is C40H69FN6O6. The Morgan fingerprint density at radius 3 is 2.02 bits per heavy atom. The van der Waals surface area contributed by atoms with Gasteiger partial charge in [-0.05, 0) is 69.3 Å². The molecular weight excluding hydrogens is 679 g/mol. The van der Waals surface area contributed by atoms with Crippen LogP contribution in [0.4, 0.5) is 4.39 Å². The second kappa shape index (κ2) is 21.1. The minimum atomic E-state index is -0.764. The van der Waals surface area contributed by atoms with E-state index in [0.717, 1.165) is 12.8 Å². The smallest absolute Gasteiger partial charge is 0.245 e. The summed E-state index contributed by atoms with van der Waals surface area (Å²) in [6.07, 6.45) is 0.961. The zero-order chi connectivity index (χ0) is 40.3. The van der Waals surface area contributed by atoms with Crippen molar-refractivity contribution >= 4 is 23.6 Å². The molecule has 10 atom stereocenters. The van der Waals surface area contributed by atoms with Gasteiger partial charge in [0.15, 0.2) is 0 Å². The molecule has 1 aliphatic heterocycles. The second-order valence-electron chi connectivity index (χ2n) is 15.8. The fraction of sp³-hybridized carbons (Fsp3) is 0.750. The Morgan fingerprint density at radius 2 is 1.53 bits per heavy atom. The number of methoxy groups -OCH3 is 2. The quantitative estimate of drug-likeness (QED) is 0.182. The normalized spacial score (nSPS) is 20.0. The monoisotopic (exact) mass is 749 g/mol. The highest BCUT2D eigenvalue weighted by atomic mass is 19.1. The number of benzene rings is 1. The van der Waals surface area contributed by atoms with Gasteiger partial charge in [-0.3, -0.25) is 24.1 Å². The van der Waals surface area contributed by atoms with Gasteiger partial charge >= 0.3 is 0 Å². The summed E-state index contributed by atoms with van der Waals surface area (Å²) < 4.78 is 25.4. The first-order valence-corrected chi connectivity index (χ1v) is 19.2. The number of hydrogen-bond acceptors (Lipinski definition) is 8. The van der Waals surface area contributed by atoms with E-state index in [9.17, 15) is 23.6 Å². The third kappa shape index (κ3) is 11.9. The number of ether oxygens (including phenoxy) is 2. The molecule has 4 N–H and O–H groups in total. The number of halogens is 1. The molecule has 0 aromatic heterocycles. The average Bonchev–Trinajstić information content (AvgIpc) is 3.59. The van der Waals surface area contributed by atoms with Gasteiger partial charge in [-0.2, -0.15) is 0 Å². The van der Waals surface area contributed by atoms with Gasteiger partial charge < -0.3 is 35.6 Å². The molecule has 1 saturated heterocycles. The Labute approximate surface area is 318 Å². The van der Waals surface area contributed by atoms with Crippen LogP contribution in [0, 0.1) is 29.5 Å². The van der Waals surface area contributed by atoms with Crippen LogP contribution in [0.3, 0.4) is 0 Å². The third-order valence-corrected chi connectivity index (χ3v) is 11.1. The molecule has 0 spiro atoms. The predicted octanol–water partition coefficient (Wildman–Crippen LogP) is 3.98. The number of nitrogens with one attached hydrogen (secondary N) is 2. The Bertz CT molecular complexity index is 1320. The van der Waals surface area contributed by atoms with Crippen LogP contribution in [0.1, 0.15) is 92.7 Å². The largest absolute Gasteiger partial charge is 0.379 e. The van der Waals surface area contributed by atoms with Crippen molar-refractivity contribution in [1.29, 1.82) is 0 Å². The summed E-state index contributed by atoms with van der Waals surface area (Å²) in [5.74, 6) is -1.97. The van der Waals surface area contributed by atoms with Gasteiger partial charge in [0.05, 0.1) is 42.7 Å². The van der Waals surface area contributed by atoms with Gasteiger partial charge in [-0.25, -0.2) is 4.39 Å². The van der Waals surface area contributed by atoms with Crippen LogP contribution in [0.2, 0.25) is 0 Å². The molecule has 4 unspecified atom stereocenters. The van der Waals surface area contributed by atoms with E-state index in [1.807, 2.05) is 60.5 Å². The number of nitrogens with zero attached hydrogens (tertiary/aromatic N) is 3. The van der Waals surface area contributed by atoms with Gasteiger partial charge in [0.1, 0.15) is 11.9 Å². The molecule has 4 amide bonds. The average molecular weight is 749 g/mol. The van der Waals surface area contributed by atoms with Crippen LogP contribution in [0.15, 0.2) is 24.3 Å². The second-order valence-corrected chi connectivity index (χ2v) is 15.8. The topological polar surface area (TPSA) is 147 Å². The SMILES string of the molecule is CCC(C)C([C@@H](CC(=O)N1CCC[C@H]1[C@H](OC)[C@@H](C)C(=O)N[C@H](C)C(N)c1ccc(F)cc1)OC)N(C)C(=O)[C@@H](NC(=O)C(C(C)C)N(C)C)C(C)C. The molecule has 1 aromatic carbocycles. The summed E-state index contributed by atoms with van der Waals surface area (Å²) >= 11 is 0. The molecule has 53 heavy (non-hydrogen) atoms. The highest BCUT2D eigenvalue weighted by Crippen LogP contribution is 2.30. The van der Waals surface area contributed by atoms with E-state index in [0.29, 0.717) is 18.5 Å². The highest BCUT2D eigenvalue weighted by molar-refractivity contribution is 5.90. The molecule has 1 aromatic rings. The van der Waals surface area contributed by atoms with Crippen LogP contribution in [-0.4, -0.2) is 123 Å². The van der Waals surface area contributed by atoms with Crippen LogP contribution >= 0.6 is 0 Å². The summed E-state index contributed by atoms with van der Waals surface area (Å²) in [5.41, 5.74) is 7.09. The maximum atomic E-state index is 14.2. The molecule has 1 aliphatic rings.